The Labute approximate surface area is 107 Å². The lowest BCUT2D eigenvalue weighted by molar-refractivity contribution is 0.307. The minimum Gasteiger partial charge on any atom is -0.217 e. The molecule has 0 radical (unpaired) electrons. The minimum absolute atomic E-state index is 0.558. The highest BCUT2D eigenvalue weighted by Crippen LogP contribution is 2.36. The molecule has 3 rings (SSSR count). The Morgan fingerprint density at radius 2 is 1.65 bits per heavy atom. The third-order valence-electron chi connectivity index (χ3n) is 3.96. The van der Waals surface area contributed by atoms with Crippen molar-refractivity contribution >= 4 is 11.8 Å². The zero-order valence-electron chi connectivity index (χ0n) is 10.2. The van der Waals surface area contributed by atoms with Gasteiger partial charge >= 0.3 is 0 Å². The molecule has 0 amide bonds. The van der Waals surface area contributed by atoms with E-state index < -0.39 is 0 Å². The van der Waals surface area contributed by atoms with E-state index >= 15 is 0 Å². The van der Waals surface area contributed by atoms with E-state index in [1.54, 1.807) is 0 Å². The molecule has 5 heteroatoms. The second kappa shape index (κ2) is 5.38. The van der Waals surface area contributed by atoms with E-state index in [0.717, 1.165) is 10.4 Å². The van der Waals surface area contributed by atoms with E-state index in [2.05, 4.69) is 20.2 Å². The van der Waals surface area contributed by atoms with E-state index in [-0.39, 0.29) is 0 Å². The Kier molecular flexibility index (Phi) is 3.64. The summed E-state index contributed by atoms with van der Waals surface area (Å²) in [7, 11) is 0. The molecular weight excluding hydrogens is 232 g/mol. The Morgan fingerprint density at radius 1 is 0.941 bits per heavy atom. The topological polar surface area (TPSA) is 43.6 Å². The molecule has 94 valence electrons. The van der Waals surface area contributed by atoms with Crippen LogP contribution in [0.2, 0.25) is 0 Å². The zero-order chi connectivity index (χ0) is 11.5. The number of hydrogen-bond acceptors (Lipinski definition) is 4. The molecule has 1 heterocycles. The van der Waals surface area contributed by atoms with Gasteiger partial charge in [-0.05, 0) is 36.1 Å². The van der Waals surface area contributed by atoms with E-state index in [1.165, 1.54) is 57.8 Å². The number of rotatable bonds is 3. The number of aromatic nitrogens is 4. The van der Waals surface area contributed by atoms with Crippen LogP contribution >= 0.6 is 11.8 Å². The molecule has 2 saturated carbocycles. The summed E-state index contributed by atoms with van der Waals surface area (Å²) in [5.74, 6) is 0. The monoisotopic (exact) mass is 252 g/mol. The predicted octanol–water partition coefficient (Wildman–Crippen LogP) is 3.21. The van der Waals surface area contributed by atoms with Crippen LogP contribution < -0.4 is 0 Å². The Bertz CT molecular complexity index is 353. The molecule has 0 atom stereocenters. The van der Waals surface area contributed by atoms with Gasteiger partial charge < -0.3 is 0 Å². The third-order valence-corrected chi connectivity index (χ3v) is 5.24. The normalized spacial score (nSPS) is 23.3. The maximum absolute atomic E-state index is 4.22. The lowest BCUT2D eigenvalue weighted by Gasteiger charge is -2.22. The Morgan fingerprint density at radius 3 is 2.41 bits per heavy atom. The maximum Gasteiger partial charge on any atom is 0.209 e. The fraction of sp³-hybridized carbons (Fsp3) is 0.917. The second-order valence-corrected chi connectivity index (χ2v) is 6.49. The molecule has 4 nitrogen and oxygen atoms in total. The number of tetrazole rings is 1. The summed E-state index contributed by atoms with van der Waals surface area (Å²) in [6.07, 6.45) is 12.0. The predicted molar refractivity (Wildman–Crippen MR) is 68.1 cm³/mol. The van der Waals surface area contributed by atoms with Gasteiger partial charge in [-0.1, -0.05) is 43.9 Å². The van der Waals surface area contributed by atoms with Gasteiger partial charge in [0.25, 0.3) is 0 Å². The summed E-state index contributed by atoms with van der Waals surface area (Å²) in [6.45, 7) is 0. The highest BCUT2D eigenvalue weighted by Gasteiger charge is 2.24. The van der Waals surface area contributed by atoms with Crippen molar-refractivity contribution in [3.05, 3.63) is 0 Å². The summed E-state index contributed by atoms with van der Waals surface area (Å²) in [5, 5.41) is 14.1. The van der Waals surface area contributed by atoms with Crippen molar-refractivity contribution in [3.8, 4) is 0 Å². The van der Waals surface area contributed by atoms with Gasteiger partial charge in [-0.15, -0.1) is 5.10 Å². The van der Waals surface area contributed by atoms with E-state index in [1.807, 2.05) is 11.8 Å². The van der Waals surface area contributed by atoms with Crippen molar-refractivity contribution in [3.63, 3.8) is 0 Å². The average Bonchev–Trinajstić information content (AvgIpc) is 3.02. The quantitative estimate of drug-likeness (QED) is 0.828. The summed E-state index contributed by atoms with van der Waals surface area (Å²) < 4.78 is 2.10. The van der Waals surface area contributed by atoms with Crippen molar-refractivity contribution in [2.75, 3.05) is 0 Å². The van der Waals surface area contributed by atoms with Gasteiger partial charge in [-0.2, -0.15) is 0 Å². The number of thioether (sulfide) groups is 1. The van der Waals surface area contributed by atoms with E-state index in [9.17, 15) is 0 Å². The standard InChI is InChI=1S/C12H20N4S/c1-2-6-10(7-3-1)16-12(13-14-15-16)17-11-8-4-5-9-11/h10-11H,1-9H2. The van der Waals surface area contributed by atoms with Crippen LogP contribution in [0, 0.1) is 0 Å². The van der Waals surface area contributed by atoms with Crippen LogP contribution in [0.4, 0.5) is 0 Å². The third kappa shape index (κ3) is 2.64. The summed E-state index contributed by atoms with van der Waals surface area (Å²) in [6, 6.07) is 0.558. The second-order valence-electron chi connectivity index (χ2n) is 5.22. The first-order chi connectivity index (χ1) is 8.43. The van der Waals surface area contributed by atoms with Gasteiger partial charge in [0.15, 0.2) is 0 Å². The van der Waals surface area contributed by atoms with Crippen molar-refractivity contribution in [2.45, 2.75) is 74.2 Å². The molecule has 0 spiro atoms. The molecule has 0 aromatic carbocycles. The fourth-order valence-corrected chi connectivity index (χ4v) is 4.22. The molecule has 0 saturated heterocycles. The number of nitrogens with zero attached hydrogens (tertiary/aromatic N) is 4. The molecule has 1 aromatic heterocycles. The van der Waals surface area contributed by atoms with Crippen molar-refractivity contribution in [1.82, 2.24) is 20.2 Å². The molecule has 0 aliphatic heterocycles. The SMILES string of the molecule is C1CCC(n2nnnc2SC2CCCC2)CC1. The Hall–Kier alpha value is -0.580. The largest absolute Gasteiger partial charge is 0.217 e. The van der Waals surface area contributed by atoms with Gasteiger partial charge in [0.05, 0.1) is 6.04 Å². The molecule has 2 aliphatic rings. The van der Waals surface area contributed by atoms with Crippen molar-refractivity contribution in [2.24, 2.45) is 0 Å². The van der Waals surface area contributed by atoms with Crippen LogP contribution in [0.5, 0.6) is 0 Å². The molecular formula is C12H20N4S. The molecule has 17 heavy (non-hydrogen) atoms. The van der Waals surface area contributed by atoms with E-state index in [0.29, 0.717) is 6.04 Å². The van der Waals surface area contributed by atoms with Gasteiger partial charge in [0.2, 0.25) is 5.16 Å². The smallest absolute Gasteiger partial charge is 0.209 e. The summed E-state index contributed by atoms with van der Waals surface area (Å²) >= 11 is 1.90. The van der Waals surface area contributed by atoms with Crippen LogP contribution in [-0.2, 0) is 0 Å². The first-order valence-electron chi connectivity index (χ1n) is 6.88. The van der Waals surface area contributed by atoms with Crippen molar-refractivity contribution in [1.29, 1.82) is 0 Å². The van der Waals surface area contributed by atoms with Crippen LogP contribution in [0.1, 0.15) is 63.8 Å². The first-order valence-corrected chi connectivity index (χ1v) is 7.76. The van der Waals surface area contributed by atoms with Crippen LogP contribution in [0.3, 0.4) is 0 Å². The molecule has 0 bridgehead atoms. The highest BCUT2D eigenvalue weighted by atomic mass is 32.2. The minimum atomic E-state index is 0.558. The highest BCUT2D eigenvalue weighted by molar-refractivity contribution is 7.99. The Balaban J connectivity index is 1.69. The van der Waals surface area contributed by atoms with Gasteiger partial charge in [-0.3, -0.25) is 0 Å². The van der Waals surface area contributed by atoms with Crippen LogP contribution in [-0.4, -0.2) is 25.5 Å². The lowest BCUT2D eigenvalue weighted by atomic mass is 9.96. The number of hydrogen-bond donors (Lipinski definition) is 0. The molecule has 1 aromatic rings. The fourth-order valence-electron chi connectivity index (χ4n) is 2.97. The van der Waals surface area contributed by atoms with Crippen molar-refractivity contribution < 1.29 is 0 Å². The molecule has 0 unspecified atom stereocenters. The maximum atomic E-state index is 4.22. The average molecular weight is 252 g/mol. The van der Waals surface area contributed by atoms with Crippen LogP contribution in [0.15, 0.2) is 5.16 Å². The lowest BCUT2D eigenvalue weighted by Crippen LogP contribution is -2.16. The molecule has 2 aliphatic carbocycles. The molecule has 2 fully saturated rings. The molecule has 0 N–H and O–H groups in total. The summed E-state index contributed by atoms with van der Waals surface area (Å²) in [4.78, 5) is 0. The van der Waals surface area contributed by atoms with Gasteiger partial charge in [-0.25, -0.2) is 4.68 Å². The van der Waals surface area contributed by atoms with Crippen LogP contribution in [0.25, 0.3) is 0 Å². The van der Waals surface area contributed by atoms with E-state index in [4.69, 9.17) is 0 Å². The van der Waals surface area contributed by atoms with Gasteiger partial charge in [0.1, 0.15) is 0 Å². The summed E-state index contributed by atoms with van der Waals surface area (Å²) in [5.41, 5.74) is 0. The zero-order valence-corrected chi connectivity index (χ0v) is 11.0. The first kappa shape index (κ1) is 11.5. The van der Waals surface area contributed by atoms with Gasteiger partial charge in [0, 0.05) is 5.25 Å².